The molecule has 0 bridgehead atoms. The van der Waals surface area contributed by atoms with Crippen molar-refractivity contribution in [1.29, 1.82) is 0 Å². The fourth-order valence-electron chi connectivity index (χ4n) is 2.19. The molecule has 1 N–H and O–H groups in total. The van der Waals surface area contributed by atoms with Crippen LogP contribution in [0.15, 0.2) is 28.2 Å². The molecule has 8 nitrogen and oxygen atoms in total. The van der Waals surface area contributed by atoms with Crippen LogP contribution in [0.25, 0.3) is 0 Å². The number of nitro groups is 1. The van der Waals surface area contributed by atoms with Gasteiger partial charge in [0.25, 0.3) is 5.69 Å². The average molecular weight is 370 g/mol. The Bertz CT molecular complexity index is 743. The lowest BCUT2D eigenvalue weighted by atomic mass is 10.1. The molecule has 0 amide bonds. The number of non-ortho nitro benzene ring substituents is 1. The first-order chi connectivity index (χ1) is 11.7. The lowest BCUT2D eigenvalue weighted by Crippen LogP contribution is -2.31. The van der Waals surface area contributed by atoms with Crippen molar-refractivity contribution < 1.29 is 13.3 Å². The Kier molecular flexibility index (Phi) is 7.50. The van der Waals surface area contributed by atoms with Crippen LogP contribution in [0, 0.1) is 16.0 Å². The van der Waals surface area contributed by atoms with Crippen molar-refractivity contribution in [2.45, 2.75) is 45.9 Å². The predicted molar refractivity (Wildman–Crippen MR) is 99.4 cm³/mol. The largest absolute Gasteiger partial charge is 0.277 e. The van der Waals surface area contributed by atoms with E-state index in [9.17, 15) is 18.5 Å². The highest BCUT2D eigenvalue weighted by Crippen LogP contribution is 2.29. The van der Waals surface area contributed by atoms with Crippen molar-refractivity contribution in [2.24, 2.45) is 11.0 Å². The van der Waals surface area contributed by atoms with Crippen LogP contribution in [0.5, 0.6) is 0 Å². The Balaban J connectivity index is 3.42. The second kappa shape index (κ2) is 8.91. The monoisotopic (exact) mass is 370 g/mol. The number of nitro benzene ring substituents is 1. The van der Waals surface area contributed by atoms with Crippen LogP contribution in [-0.2, 0) is 10.0 Å². The van der Waals surface area contributed by atoms with Crippen molar-refractivity contribution >= 4 is 27.1 Å². The van der Waals surface area contributed by atoms with Crippen LogP contribution in [0.3, 0.4) is 0 Å². The summed E-state index contributed by atoms with van der Waals surface area (Å²) in [6, 6.07) is 3.71. The highest BCUT2D eigenvalue weighted by Gasteiger charge is 2.27. The van der Waals surface area contributed by atoms with Gasteiger partial charge in [0.05, 0.1) is 10.6 Å². The summed E-state index contributed by atoms with van der Waals surface area (Å²) in [4.78, 5) is 10.3. The zero-order chi connectivity index (χ0) is 19.2. The van der Waals surface area contributed by atoms with E-state index in [4.69, 9.17) is 0 Å². The number of benzene rings is 1. The molecular weight excluding hydrogens is 344 g/mol. The van der Waals surface area contributed by atoms with Crippen molar-refractivity contribution in [2.75, 3.05) is 18.5 Å². The Labute approximate surface area is 149 Å². The maximum atomic E-state index is 12.8. The van der Waals surface area contributed by atoms with Gasteiger partial charge in [-0.25, -0.2) is 8.42 Å². The Hall–Kier alpha value is -2.00. The van der Waals surface area contributed by atoms with Crippen LogP contribution in [0.2, 0.25) is 0 Å². The maximum Gasteiger partial charge on any atom is 0.270 e. The number of nitrogens with one attached hydrogen (secondary N) is 1. The van der Waals surface area contributed by atoms with E-state index in [1.54, 1.807) is 13.8 Å². The van der Waals surface area contributed by atoms with Gasteiger partial charge in [0.1, 0.15) is 4.90 Å². The minimum atomic E-state index is -3.86. The number of rotatable bonds is 9. The van der Waals surface area contributed by atoms with Gasteiger partial charge in [0.2, 0.25) is 10.0 Å². The van der Waals surface area contributed by atoms with Crippen molar-refractivity contribution in [1.82, 2.24) is 4.31 Å². The number of hydrogen-bond acceptors (Lipinski definition) is 6. The molecule has 0 radical (unpaired) electrons. The van der Waals surface area contributed by atoms with Gasteiger partial charge in [-0.15, -0.1) is 0 Å². The molecule has 1 aromatic carbocycles. The minimum Gasteiger partial charge on any atom is -0.277 e. The Morgan fingerprint density at radius 3 is 2.40 bits per heavy atom. The quantitative estimate of drug-likeness (QED) is 0.407. The van der Waals surface area contributed by atoms with E-state index in [-0.39, 0.29) is 35.3 Å². The van der Waals surface area contributed by atoms with Gasteiger partial charge < -0.3 is 0 Å². The van der Waals surface area contributed by atoms with Gasteiger partial charge in [0.15, 0.2) is 0 Å². The highest BCUT2D eigenvalue weighted by atomic mass is 32.2. The van der Waals surface area contributed by atoms with Gasteiger partial charge >= 0.3 is 0 Å². The molecule has 1 atom stereocenters. The summed E-state index contributed by atoms with van der Waals surface area (Å²) in [6.45, 7) is 9.89. The molecule has 0 aliphatic heterocycles. The second-order valence-electron chi connectivity index (χ2n) is 5.70. The summed E-state index contributed by atoms with van der Waals surface area (Å²) in [5.41, 5.74) is 3.53. The van der Waals surface area contributed by atoms with E-state index in [0.717, 1.165) is 18.2 Å². The standard InChI is InChI=1S/C16H26N4O4S/c1-6-12(4)13(5)17-18-15-10-9-14(20(21)22)11-16(15)25(23,24)19(7-2)8-3/h9-12,18H,6-8H2,1-5H3/b17-13-/t12-/m1/s1. The summed E-state index contributed by atoms with van der Waals surface area (Å²) in [6.07, 6.45) is 0.905. The average Bonchev–Trinajstić information content (AvgIpc) is 2.59. The van der Waals surface area contributed by atoms with Gasteiger partial charge in [-0.2, -0.15) is 9.41 Å². The summed E-state index contributed by atoms with van der Waals surface area (Å²) >= 11 is 0. The molecular formula is C16H26N4O4S. The molecule has 0 fully saturated rings. The fraction of sp³-hybridized carbons (Fsp3) is 0.562. The molecule has 140 valence electrons. The van der Waals surface area contributed by atoms with Gasteiger partial charge in [-0.05, 0) is 25.3 Å². The molecule has 1 rings (SSSR count). The third kappa shape index (κ3) is 4.99. The molecule has 0 aliphatic carbocycles. The lowest BCUT2D eigenvalue weighted by Gasteiger charge is -2.20. The molecule has 1 aromatic rings. The molecule has 0 aliphatic rings. The summed E-state index contributed by atoms with van der Waals surface area (Å²) < 4.78 is 26.9. The zero-order valence-corrected chi connectivity index (χ0v) is 16.1. The van der Waals surface area contributed by atoms with Crippen LogP contribution in [-0.4, -0.2) is 36.4 Å². The number of hydrazone groups is 1. The molecule has 0 unspecified atom stereocenters. The van der Waals surface area contributed by atoms with Gasteiger partial charge in [-0.3, -0.25) is 15.5 Å². The Morgan fingerprint density at radius 2 is 1.92 bits per heavy atom. The van der Waals surface area contributed by atoms with Crippen LogP contribution in [0.1, 0.15) is 41.0 Å². The van der Waals surface area contributed by atoms with E-state index in [1.165, 1.54) is 16.4 Å². The molecule has 25 heavy (non-hydrogen) atoms. The smallest absolute Gasteiger partial charge is 0.270 e. The number of hydrogen-bond donors (Lipinski definition) is 1. The van der Waals surface area contributed by atoms with Crippen LogP contribution < -0.4 is 5.43 Å². The highest BCUT2D eigenvalue weighted by molar-refractivity contribution is 7.89. The lowest BCUT2D eigenvalue weighted by molar-refractivity contribution is -0.385. The van der Waals surface area contributed by atoms with E-state index in [0.29, 0.717) is 0 Å². The predicted octanol–water partition coefficient (Wildman–Crippen LogP) is 3.46. The summed E-state index contributed by atoms with van der Waals surface area (Å²) in [7, 11) is -3.86. The van der Waals surface area contributed by atoms with Gasteiger partial charge in [-0.1, -0.05) is 27.7 Å². The number of sulfonamides is 1. The summed E-state index contributed by atoms with van der Waals surface area (Å²) in [5.74, 6) is 0.244. The topological polar surface area (TPSA) is 105 Å². The zero-order valence-electron chi connectivity index (χ0n) is 15.3. The molecule has 0 spiro atoms. The van der Waals surface area contributed by atoms with Crippen LogP contribution >= 0.6 is 0 Å². The molecule has 9 heteroatoms. The van der Waals surface area contributed by atoms with Crippen molar-refractivity contribution in [3.05, 3.63) is 28.3 Å². The van der Waals surface area contributed by atoms with E-state index in [1.807, 2.05) is 20.8 Å². The first-order valence-corrected chi connectivity index (χ1v) is 9.71. The summed E-state index contributed by atoms with van der Waals surface area (Å²) in [5, 5.41) is 15.3. The molecule has 0 heterocycles. The molecule has 0 aromatic heterocycles. The van der Waals surface area contributed by atoms with Gasteiger partial charge in [0, 0.05) is 30.9 Å². The SMILES string of the molecule is CC[C@@H](C)/C(C)=N\Nc1ccc([N+](=O)[O-])cc1S(=O)(=O)N(CC)CC. The van der Waals surface area contributed by atoms with E-state index >= 15 is 0 Å². The third-order valence-electron chi connectivity index (χ3n) is 4.18. The number of nitrogens with zero attached hydrogens (tertiary/aromatic N) is 3. The maximum absolute atomic E-state index is 12.8. The minimum absolute atomic E-state index is 0.147. The number of anilines is 1. The third-order valence-corrected chi connectivity index (χ3v) is 6.27. The second-order valence-corrected chi connectivity index (χ2v) is 7.61. The first-order valence-electron chi connectivity index (χ1n) is 8.27. The van der Waals surface area contributed by atoms with E-state index in [2.05, 4.69) is 10.5 Å². The van der Waals surface area contributed by atoms with Crippen molar-refractivity contribution in [3.8, 4) is 0 Å². The van der Waals surface area contributed by atoms with E-state index < -0.39 is 14.9 Å². The molecule has 0 saturated carbocycles. The molecule has 0 saturated heterocycles. The first kappa shape index (κ1) is 21.0. The van der Waals surface area contributed by atoms with Crippen LogP contribution in [0.4, 0.5) is 11.4 Å². The van der Waals surface area contributed by atoms with Crippen molar-refractivity contribution in [3.63, 3.8) is 0 Å². The fourth-order valence-corrected chi connectivity index (χ4v) is 3.81. The normalized spacial score (nSPS) is 13.8. The Morgan fingerprint density at radius 1 is 1.32 bits per heavy atom.